The highest BCUT2D eigenvalue weighted by Gasteiger charge is 1.99. The number of rotatable bonds is 4. The van der Waals surface area contributed by atoms with Crippen molar-refractivity contribution in [2.75, 3.05) is 5.32 Å². The zero-order chi connectivity index (χ0) is 13.0. The largest absolute Gasteiger partial charge is 0.392 e. The average Bonchev–Trinajstić information content (AvgIpc) is 2.40. The number of aliphatic hydroxyl groups is 1. The van der Waals surface area contributed by atoms with Crippen LogP contribution in [0, 0.1) is 13.8 Å². The molecule has 0 heterocycles. The summed E-state index contributed by atoms with van der Waals surface area (Å²) >= 11 is 0. The molecule has 2 heteroatoms. The Morgan fingerprint density at radius 1 is 1.06 bits per heavy atom. The molecule has 0 amide bonds. The molecule has 0 fully saturated rings. The minimum atomic E-state index is 0.0823. The highest BCUT2D eigenvalue weighted by Crippen LogP contribution is 2.15. The predicted octanol–water partition coefficient (Wildman–Crippen LogP) is 3.41. The molecule has 2 aromatic rings. The number of aryl methyl sites for hydroxylation is 2. The van der Waals surface area contributed by atoms with Crippen molar-refractivity contribution in [2.45, 2.75) is 27.0 Å². The van der Waals surface area contributed by atoms with Crippen molar-refractivity contribution in [3.63, 3.8) is 0 Å². The number of benzene rings is 2. The summed E-state index contributed by atoms with van der Waals surface area (Å²) in [7, 11) is 0. The van der Waals surface area contributed by atoms with E-state index in [9.17, 15) is 0 Å². The van der Waals surface area contributed by atoms with E-state index in [4.69, 9.17) is 5.11 Å². The number of anilines is 1. The third-order valence-corrected chi connectivity index (χ3v) is 3.10. The molecule has 2 rings (SSSR count). The normalized spacial score (nSPS) is 10.4. The maximum atomic E-state index is 9.10. The summed E-state index contributed by atoms with van der Waals surface area (Å²) in [5, 5.41) is 12.5. The summed E-state index contributed by atoms with van der Waals surface area (Å²) in [5.41, 5.74) is 5.86. The van der Waals surface area contributed by atoms with Gasteiger partial charge in [-0.1, -0.05) is 35.9 Å². The Kier molecular flexibility index (Phi) is 4.00. The fraction of sp³-hybridized carbons (Fsp3) is 0.250. The maximum Gasteiger partial charge on any atom is 0.0682 e. The van der Waals surface area contributed by atoms with Crippen LogP contribution in [0.2, 0.25) is 0 Å². The summed E-state index contributed by atoms with van der Waals surface area (Å²) in [6, 6.07) is 14.4. The third-order valence-electron chi connectivity index (χ3n) is 3.10. The fourth-order valence-electron chi connectivity index (χ4n) is 1.97. The van der Waals surface area contributed by atoms with Gasteiger partial charge in [0.2, 0.25) is 0 Å². The average molecular weight is 241 g/mol. The number of hydrogen-bond acceptors (Lipinski definition) is 2. The molecule has 0 saturated heterocycles. The Morgan fingerprint density at radius 2 is 1.89 bits per heavy atom. The first-order chi connectivity index (χ1) is 8.69. The zero-order valence-electron chi connectivity index (χ0n) is 10.9. The molecule has 94 valence electrons. The molecule has 0 radical (unpaired) electrons. The van der Waals surface area contributed by atoms with Crippen molar-refractivity contribution < 1.29 is 5.11 Å². The van der Waals surface area contributed by atoms with Crippen LogP contribution < -0.4 is 5.32 Å². The molecule has 0 atom stereocenters. The predicted molar refractivity (Wildman–Crippen MR) is 75.6 cm³/mol. The standard InChI is InChI=1S/C16H19NO/c1-12-6-7-13(2)15(8-12)10-17-16-5-3-4-14(9-16)11-18/h3-9,17-18H,10-11H2,1-2H3. The van der Waals surface area contributed by atoms with E-state index in [1.54, 1.807) is 0 Å². The molecular weight excluding hydrogens is 222 g/mol. The molecule has 0 spiro atoms. The van der Waals surface area contributed by atoms with Crippen molar-refractivity contribution in [2.24, 2.45) is 0 Å². The summed E-state index contributed by atoms with van der Waals surface area (Å²) < 4.78 is 0. The van der Waals surface area contributed by atoms with Crippen LogP contribution in [0.3, 0.4) is 0 Å². The lowest BCUT2D eigenvalue weighted by Gasteiger charge is -2.10. The first kappa shape index (κ1) is 12.7. The van der Waals surface area contributed by atoms with Gasteiger partial charge in [0.15, 0.2) is 0 Å². The van der Waals surface area contributed by atoms with Gasteiger partial charge in [-0.3, -0.25) is 0 Å². The second-order valence-electron chi connectivity index (χ2n) is 4.64. The number of hydrogen-bond donors (Lipinski definition) is 2. The quantitative estimate of drug-likeness (QED) is 0.859. The van der Waals surface area contributed by atoms with Crippen molar-refractivity contribution in [1.29, 1.82) is 0 Å². The maximum absolute atomic E-state index is 9.10. The smallest absolute Gasteiger partial charge is 0.0682 e. The van der Waals surface area contributed by atoms with Crippen LogP contribution in [0.15, 0.2) is 42.5 Å². The molecule has 0 aromatic heterocycles. The highest BCUT2D eigenvalue weighted by molar-refractivity contribution is 5.46. The van der Waals surface area contributed by atoms with Crippen LogP contribution >= 0.6 is 0 Å². The third kappa shape index (κ3) is 3.11. The van der Waals surface area contributed by atoms with Crippen molar-refractivity contribution in [3.05, 3.63) is 64.7 Å². The van der Waals surface area contributed by atoms with Crippen LogP contribution in [0.5, 0.6) is 0 Å². The van der Waals surface area contributed by atoms with Crippen molar-refractivity contribution in [1.82, 2.24) is 0 Å². The van der Waals surface area contributed by atoms with E-state index in [2.05, 4.69) is 37.4 Å². The number of nitrogens with one attached hydrogen (secondary N) is 1. The first-order valence-corrected chi connectivity index (χ1v) is 6.19. The van der Waals surface area contributed by atoms with Gasteiger partial charge in [-0.25, -0.2) is 0 Å². The van der Waals surface area contributed by atoms with Gasteiger partial charge in [-0.15, -0.1) is 0 Å². The second kappa shape index (κ2) is 5.69. The van der Waals surface area contributed by atoms with Gasteiger partial charge < -0.3 is 10.4 Å². The van der Waals surface area contributed by atoms with E-state index in [-0.39, 0.29) is 6.61 Å². The summed E-state index contributed by atoms with van der Waals surface area (Å²) in [6.07, 6.45) is 0. The molecule has 2 nitrogen and oxygen atoms in total. The van der Waals surface area contributed by atoms with Crippen LogP contribution in [-0.4, -0.2) is 5.11 Å². The Morgan fingerprint density at radius 3 is 2.67 bits per heavy atom. The SMILES string of the molecule is Cc1ccc(C)c(CNc2cccc(CO)c2)c1. The molecular formula is C16H19NO. The Labute approximate surface area is 108 Å². The lowest BCUT2D eigenvalue weighted by atomic mass is 10.1. The topological polar surface area (TPSA) is 32.3 Å². The molecule has 0 aliphatic heterocycles. The summed E-state index contributed by atoms with van der Waals surface area (Å²) in [5.74, 6) is 0. The van der Waals surface area contributed by atoms with Gasteiger partial charge >= 0.3 is 0 Å². The molecule has 0 unspecified atom stereocenters. The van der Waals surface area contributed by atoms with Gasteiger partial charge in [0, 0.05) is 12.2 Å². The molecule has 2 aromatic carbocycles. The van der Waals surface area contributed by atoms with Crippen molar-refractivity contribution >= 4 is 5.69 Å². The minimum Gasteiger partial charge on any atom is -0.392 e. The molecule has 0 bridgehead atoms. The Hall–Kier alpha value is -1.80. The fourth-order valence-corrected chi connectivity index (χ4v) is 1.97. The van der Waals surface area contributed by atoms with Gasteiger partial charge in [0.1, 0.15) is 0 Å². The molecule has 2 N–H and O–H groups in total. The zero-order valence-corrected chi connectivity index (χ0v) is 10.9. The van der Waals surface area contributed by atoms with Gasteiger partial charge in [0.25, 0.3) is 0 Å². The van der Waals surface area contributed by atoms with Gasteiger partial charge in [0.05, 0.1) is 6.61 Å². The molecule has 0 saturated carbocycles. The van der Waals surface area contributed by atoms with E-state index in [0.717, 1.165) is 17.8 Å². The molecule has 0 aliphatic rings. The monoisotopic (exact) mass is 241 g/mol. The Balaban J connectivity index is 2.08. The Bertz CT molecular complexity index is 534. The lowest BCUT2D eigenvalue weighted by Crippen LogP contribution is -2.02. The van der Waals surface area contributed by atoms with E-state index in [1.807, 2.05) is 24.3 Å². The second-order valence-corrected chi connectivity index (χ2v) is 4.64. The van der Waals surface area contributed by atoms with E-state index in [1.165, 1.54) is 16.7 Å². The summed E-state index contributed by atoms with van der Waals surface area (Å²) in [6.45, 7) is 5.12. The first-order valence-electron chi connectivity index (χ1n) is 6.19. The minimum absolute atomic E-state index is 0.0823. The van der Waals surface area contributed by atoms with Crippen molar-refractivity contribution in [3.8, 4) is 0 Å². The van der Waals surface area contributed by atoms with Crippen LogP contribution in [0.1, 0.15) is 22.3 Å². The van der Waals surface area contributed by atoms with Crippen LogP contribution in [0.25, 0.3) is 0 Å². The van der Waals surface area contributed by atoms with E-state index >= 15 is 0 Å². The summed E-state index contributed by atoms with van der Waals surface area (Å²) in [4.78, 5) is 0. The lowest BCUT2D eigenvalue weighted by molar-refractivity contribution is 0.282. The van der Waals surface area contributed by atoms with Gasteiger partial charge in [-0.2, -0.15) is 0 Å². The van der Waals surface area contributed by atoms with Gasteiger partial charge in [-0.05, 0) is 42.7 Å². The highest BCUT2D eigenvalue weighted by atomic mass is 16.3. The number of aliphatic hydroxyl groups excluding tert-OH is 1. The van der Waals surface area contributed by atoms with Crippen LogP contribution in [-0.2, 0) is 13.2 Å². The van der Waals surface area contributed by atoms with E-state index < -0.39 is 0 Å². The molecule has 0 aliphatic carbocycles. The van der Waals surface area contributed by atoms with Crippen LogP contribution in [0.4, 0.5) is 5.69 Å². The molecule has 18 heavy (non-hydrogen) atoms. The van der Waals surface area contributed by atoms with E-state index in [0.29, 0.717) is 0 Å².